The van der Waals surface area contributed by atoms with Crippen LogP contribution in [0.2, 0.25) is 0 Å². The third kappa shape index (κ3) is 4.15. The number of hydroxylamine groups is 1. The first kappa shape index (κ1) is 20.3. The molecule has 6 heteroatoms. The normalized spacial score (nSPS) is 14.5. The fourth-order valence-corrected chi connectivity index (χ4v) is 4.20. The third-order valence-electron chi connectivity index (χ3n) is 5.66. The first-order chi connectivity index (χ1) is 14.3. The van der Waals surface area contributed by atoms with Crippen LogP contribution in [-0.2, 0) is 29.7 Å². The number of fused-ring (bicyclic) bond motifs is 2. The average Bonchev–Trinajstić information content (AvgIpc) is 3.30. The molecule has 2 aromatic heterocycles. The third-order valence-corrected chi connectivity index (χ3v) is 5.66. The number of hydrogen-bond donors (Lipinski definition) is 3. The van der Waals surface area contributed by atoms with Crippen molar-refractivity contribution in [1.29, 1.82) is 0 Å². The van der Waals surface area contributed by atoms with E-state index in [0.29, 0.717) is 0 Å². The number of rotatable bonds is 5. The first-order valence-electron chi connectivity index (χ1n) is 10.3. The number of H-pyrrole nitrogens is 1. The topological polar surface area (TPSA) is 81.2 Å². The van der Waals surface area contributed by atoms with Crippen molar-refractivity contribution >= 4 is 23.0 Å². The number of carbonyl (C=O) groups excluding carboxylic acids is 1. The molecule has 0 fully saturated rings. The van der Waals surface area contributed by atoms with Gasteiger partial charge in [-0.05, 0) is 46.9 Å². The highest BCUT2D eigenvalue weighted by Crippen LogP contribution is 2.32. The number of aromatic amines is 1. The summed E-state index contributed by atoms with van der Waals surface area (Å²) in [6, 6.07) is 10.4. The molecule has 0 saturated carbocycles. The van der Waals surface area contributed by atoms with E-state index in [0.717, 1.165) is 37.3 Å². The number of hydrogen-bond acceptors (Lipinski definition) is 4. The molecule has 0 radical (unpaired) electrons. The van der Waals surface area contributed by atoms with Crippen LogP contribution in [0.5, 0.6) is 0 Å². The van der Waals surface area contributed by atoms with Crippen LogP contribution in [0.4, 0.5) is 0 Å². The predicted molar refractivity (Wildman–Crippen MR) is 118 cm³/mol. The second-order valence-electron chi connectivity index (χ2n) is 8.93. The number of carbonyl (C=O) groups is 1. The fourth-order valence-electron chi connectivity index (χ4n) is 4.20. The van der Waals surface area contributed by atoms with Crippen LogP contribution >= 0.6 is 0 Å². The van der Waals surface area contributed by atoms with E-state index in [1.54, 1.807) is 11.6 Å². The van der Waals surface area contributed by atoms with Gasteiger partial charge in [-0.3, -0.25) is 14.9 Å². The largest absolute Gasteiger partial charge is 0.343 e. The van der Waals surface area contributed by atoms with Gasteiger partial charge in [-0.15, -0.1) is 0 Å². The van der Waals surface area contributed by atoms with Crippen molar-refractivity contribution in [2.75, 3.05) is 6.54 Å². The van der Waals surface area contributed by atoms with Gasteiger partial charge in [0.15, 0.2) is 0 Å². The number of amides is 1. The van der Waals surface area contributed by atoms with Gasteiger partial charge in [-0.2, -0.15) is 0 Å². The van der Waals surface area contributed by atoms with Crippen molar-refractivity contribution in [3.8, 4) is 0 Å². The molecule has 1 aromatic carbocycles. The Bertz CT molecular complexity index is 1110. The molecular formula is C24H28N4O2. The molecule has 1 aliphatic heterocycles. The molecule has 6 nitrogen and oxygen atoms in total. The monoisotopic (exact) mass is 404 g/mol. The van der Waals surface area contributed by atoms with Crippen molar-refractivity contribution in [2.45, 2.75) is 45.7 Å². The van der Waals surface area contributed by atoms with E-state index in [4.69, 9.17) is 5.21 Å². The molecule has 0 atom stereocenters. The Balaban J connectivity index is 1.49. The Labute approximate surface area is 176 Å². The molecular weight excluding hydrogens is 376 g/mol. The molecule has 3 N–H and O–H groups in total. The number of benzene rings is 1. The van der Waals surface area contributed by atoms with Gasteiger partial charge in [0, 0.05) is 48.4 Å². The maximum atomic E-state index is 11.2. The van der Waals surface area contributed by atoms with E-state index >= 15 is 0 Å². The van der Waals surface area contributed by atoms with Crippen LogP contribution in [0, 0.1) is 0 Å². The van der Waals surface area contributed by atoms with Crippen LogP contribution in [-0.4, -0.2) is 32.5 Å². The molecule has 1 aliphatic rings. The minimum absolute atomic E-state index is 0.0338. The summed E-state index contributed by atoms with van der Waals surface area (Å²) in [6.07, 6.45) is 5.84. The van der Waals surface area contributed by atoms with Crippen molar-refractivity contribution in [3.63, 3.8) is 0 Å². The van der Waals surface area contributed by atoms with Gasteiger partial charge in [0.05, 0.1) is 0 Å². The molecule has 156 valence electrons. The quantitative estimate of drug-likeness (QED) is 0.342. The van der Waals surface area contributed by atoms with Crippen molar-refractivity contribution < 1.29 is 10.0 Å². The lowest BCUT2D eigenvalue weighted by atomic mass is 9.88. The van der Waals surface area contributed by atoms with Gasteiger partial charge in [-0.1, -0.05) is 39.0 Å². The summed E-state index contributed by atoms with van der Waals surface area (Å²) >= 11 is 0. The summed E-state index contributed by atoms with van der Waals surface area (Å²) in [6.45, 7) is 9.51. The highest BCUT2D eigenvalue weighted by molar-refractivity contribution is 5.90. The summed E-state index contributed by atoms with van der Waals surface area (Å²) in [4.78, 5) is 21.7. The van der Waals surface area contributed by atoms with E-state index in [1.807, 2.05) is 18.3 Å². The minimum atomic E-state index is -0.528. The van der Waals surface area contributed by atoms with E-state index in [2.05, 4.69) is 53.8 Å². The van der Waals surface area contributed by atoms with Crippen molar-refractivity contribution in [2.24, 2.45) is 0 Å². The summed E-state index contributed by atoms with van der Waals surface area (Å²) < 4.78 is 0. The summed E-state index contributed by atoms with van der Waals surface area (Å²) in [5, 5.41) is 9.83. The Morgan fingerprint density at radius 1 is 1.27 bits per heavy atom. The van der Waals surface area contributed by atoms with Crippen LogP contribution in [0.15, 0.2) is 42.6 Å². The Morgan fingerprint density at radius 2 is 2.07 bits per heavy atom. The van der Waals surface area contributed by atoms with Gasteiger partial charge in [0.1, 0.15) is 5.65 Å². The van der Waals surface area contributed by atoms with Gasteiger partial charge in [0.25, 0.3) is 5.91 Å². The second kappa shape index (κ2) is 8.05. The highest BCUT2D eigenvalue weighted by atomic mass is 16.5. The van der Waals surface area contributed by atoms with E-state index in [1.165, 1.54) is 33.8 Å². The Kier molecular flexibility index (Phi) is 5.45. The van der Waals surface area contributed by atoms with E-state index in [9.17, 15) is 4.79 Å². The maximum Gasteiger partial charge on any atom is 0.267 e. The maximum absolute atomic E-state index is 11.2. The van der Waals surface area contributed by atoms with Gasteiger partial charge >= 0.3 is 0 Å². The number of pyridine rings is 1. The second-order valence-corrected chi connectivity index (χ2v) is 8.93. The minimum Gasteiger partial charge on any atom is -0.343 e. The zero-order chi connectivity index (χ0) is 21.3. The van der Waals surface area contributed by atoms with Crippen LogP contribution in [0.3, 0.4) is 0 Å². The predicted octanol–water partition coefficient (Wildman–Crippen LogP) is 3.94. The average molecular weight is 405 g/mol. The molecule has 0 spiro atoms. The Hall–Kier alpha value is -2.96. The standard InChI is InChI=1S/C24H28N4O2/c1-24(2,3)22-19(20-5-4-11-25-23(20)26-22)10-12-28-14-17-8-6-16(13-18(17)15-28)7-9-21(29)27-30/h4-9,11,13,30H,10,12,14-15H2,1-3H3,(H,25,26)(H,27,29)/b9-7+. The van der Waals surface area contributed by atoms with Crippen LogP contribution in [0.1, 0.15) is 48.7 Å². The molecule has 3 heterocycles. The number of aromatic nitrogens is 2. The van der Waals surface area contributed by atoms with Gasteiger partial charge in [-0.25, -0.2) is 10.5 Å². The zero-order valence-corrected chi connectivity index (χ0v) is 17.7. The Morgan fingerprint density at radius 3 is 2.83 bits per heavy atom. The van der Waals surface area contributed by atoms with Crippen LogP contribution in [0.25, 0.3) is 17.1 Å². The molecule has 4 rings (SSSR count). The highest BCUT2D eigenvalue weighted by Gasteiger charge is 2.24. The summed E-state index contributed by atoms with van der Waals surface area (Å²) in [7, 11) is 0. The zero-order valence-electron chi connectivity index (χ0n) is 17.7. The molecule has 0 saturated heterocycles. The lowest BCUT2D eigenvalue weighted by Gasteiger charge is -2.21. The number of nitrogens with zero attached hydrogens (tertiary/aromatic N) is 2. The lowest BCUT2D eigenvalue weighted by Crippen LogP contribution is -2.21. The van der Waals surface area contributed by atoms with Crippen molar-refractivity contribution in [1.82, 2.24) is 20.3 Å². The molecule has 30 heavy (non-hydrogen) atoms. The van der Waals surface area contributed by atoms with Crippen LogP contribution < -0.4 is 5.48 Å². The van der Waals surface area contributed by atoms with Crippen molar-refractivity contribution in [3.05, 3.63) is 70.6 Å². The van der Waals surface area contributed by atoms with Gasteiger partial charge in [0.2, 0.25) is 0 Å². The molecule has 0 unspecified atom stereocenters. The molecule has 3 aromatic rings. The summed E-state index contributed by atoms with van der Waals surface area (Å²) in [5.74, 6) is -0.528. The summed E-state index contributed by atoms with van der Waals surface area (Å²) in [5.41, 5.74) is 8.81. The smallest absolute Gasteiger partial charge is 0.267 e. The molecule has 1 amide bonds. The fraction of sp³-hybridized carbons (Fsp3) is 0.333. The molecule has 0 bridgehead atoms. The molecule has 0 aliphatic carbocycles. The van der Waals surface area contributed by atoms with Gasteiger partial charge < -0.3 is 4.98 Å². The lowest BCUT2D eigenvalue weighted by molar-refractivity contribution is -0.124. The SMILES string of the molecule is CC(C)(C)c1[nH]c2ncccc2c1CCN1Cc2ccc(/C=C/C(=O)NO)cc2C1. The van der Waals surface area contributed by atoms with E-state index in [-0.39, 0.29) is 5.41 Å². The van der Waals surface area contributed by atoms with E-state index < -0.39 is 5.91 Å². The number of nitrogens with one attached hydrogen (secondary N) is 2. The first-order valence-corrected chi connectivity index (χ1v) is 10.3.